The number of sulfonamides is 1. The van der Waals surface area contributed by atoms with Crippen molar-refractivity contribution in [2.75, 3.05) is 56.1 Å². The Morgan fingerprint density at radius 1 is 0.975 bits per heavy atom. The van der Waals surface area contributed by atoms with Crippen molar-refractivity contribution in [3.05, 3.63) is 53.5 Å². The van der Waals surface area contributed by atoms with Crippen LogP contribution in [0.15, 0.2) is 53.0 Å². The number of nitrogens with two attached hydrogens (primary N) is 2. The van der Waals surface area contributed by atoms with Crippen LogP contribution in [0.5, 0.6) is 0 Å². The lowest BCUT2D eigenvalue weighted by molar-refractivity contribution is 0.222. The summed E-state index contributed by atoms with van der Waals surface area (Å²) in [6.45, 7) is 7.27. The molecule has 0 atom stereocenters. The number of nitrogens with zero attached hydrogens (tertiary/aromatic N) is 7. The van der Waals surface area contributed by atoms with E-state index in [1.165, 1.54) is 21.7 Å². The van der Waals surface area contributed by atoms with Crippen LogP contribution < -0.4 is 16.4 Å². The summed E-state index contributed by atoms with van der Waals surface area (Å²) in [6.07, 6.45) is 2.53. The Morgan fingerprint density at radius 3 is 2.33 bits per heavy atom. The lowest BCUT2D eigenvalue weighted by Crippen LogP contribution is -2.47. The first-order valence-electron chi connectivity index (χ1n) is 13.0. The summed E-state index contributed by atoms with van der Waals surface area (Å²) in [5.41, 5.74) is 16.2. The van der Waals surface area contributed by atoms with E-state index in [0.29, 0.717) is 49.3 Å². The van der Waals surface area contributed by atoms with Crippen LogP contribution in [0.25, 0.3) is 22.6 Å². The van der Waals surface area contributed by atoms with Crippen LogP contribution in [0.2, 0.25) is 0 Å². The van der Waals surface area contributed by atoms with E-state index < -0.39 is 10.0 Å². The number of anilines is 4. The molecule has 4 aromatic rings. The molecule has 0 radical (unpaired) electrons. The molecule has 0 aliphatic carbocycles. The van der Waals surface area contributed by atoms with E-state index >= 15 is 0 Å². The summed E-state index contributed by atoms with van der Waals surface area (Å²) in [7, 11) is -1.64. The summed E-state index contributed by atoms with van der Waals surface area (Å²) in [4.78, 5) is 22.0. The average molecular weight is 580 g/mol. The van der Waals surface area contributed by atoms with Crippen LogP contribution in [0, 0.1) is 6.92 Å². The third kappa shape index (κ3) is 5.77. The van der Waals surface area contributed by atoms with Crippen molar-refractivity contribution in [1.29, 1.82) is 0 Å². The van der Waals surface area contributed by atoms with Gasteiger partial charge in [-0.15, -0.1) is 11.3 Å². The number of rotatable bonds is 8. The lowest BCUT2D eigenvalue weighted by atomic mass is 10.0. The zero-order valence-corrected chi connectivity index (χ0v) is 24.4. The highest BCUT2D eigenvalue weighted by Crippen LogP contribution is 2.36. The zero-order valence-electron chi connectivity index (χ0n) is 22.8. The molecule has 1 aliphatic rings. The van der Waals surface area contributed by atoms with Gasteiger partial charge in [0.1, 0.15) is 17.3 Å². The van der Waals surface area contributed by atoms with Crippen molar-refractivity contribution in [3.8, 4) is 22.6 Å². The average Bonchev–Trinajstić information content (AvgIpc) is 3.42. The highest BCUT2D eigenvalue weighted by molar-refractivity contribution is 7.89. The largest absolute Gasteiger partial charge is 0.384 e. The van der Waals surface area contributed by atoms with Crippen LogP contribution in [-0.4, -0.2) is 77.3 Å². The summed E-state index contributed by atoms with van der Waals surface area (Å²) in [6, 6.07) is 11.1. The Morgan fingerprint density at radius 2 is 1.68 bits per heavy atom. The molecule has 0 amide bonds. The fraction of sp³-hybridized carbons (Fsp3) is 0.333. The quantitative estimate of drug-likeness (QED) is 0.317. The molecule has 5 rings (SSSR count). The van der Waals surface area contributed by atoms with Crippen LogP contribution >= 0.6 is 11.3 Å². The van der Waals surface area contributed by atoms with Gasteiger partial charge >= 0.3 is 0 Å². The van der Waals surface area contributed by atoms with Gasteiger partial charge in [0, 0.05) is 61.6 Å². The standard InChI is InChI=1S/C27H33N9O2S2/c1-4-9-36(27-31-21(17-39-27)26-32-23(28)15-24(29)33-26)22-14-19(6-5-18(22)2)20-7-8-25(30-16-20)40(37,38)35-12-10-34(3)11-13-35/h5-8,14-17H,4,9-13H2,1-3H3,(H4,28,29,32,33). The topological polar surface area (TPSA) is 147 Å². The maximum Gasteiger partial charge on any atom is 0.260 e. The predicted octanol–water partition coefficient (Wildman–Crippen LogP) is 3.62. The number of thiazole rings is 1. The van der Waals surface area contributed by atoms with E-state index in [1.807, 2.05) is 24.6 Å². The first kappa shape index (κ1) is 27.9. The molecule has 11 nitrogen and oxygen atoms in total. The molecule has 1 aromatic carbocycles. The number of piperazine rings is 1. The van der Waals surface area contributed by atoms with E-state index in [9.17, 15) is 8.42 Å². The molecule has 0 saturated carbocycles. The fourth-order valence-electron chi connectivity index (χ4n) is 4.58. The highest BCUT2D eigenvalue weighted by atomic mass is 32.2. The van der Waals surface area contributed by atoms with E-state index in [-0.39, 0.29) is 5.03 Å². The summed E-state index contributed by atoms with van der Waals surface area (Å²) >= 11 is 1.49. The number of nitrogen functional groups attached to an aromatic ring is 2. The molecule has 4 heterocycles. The summed E-state index contributed by atoms with van der Waals surface area (Å²) < 4.78 is 27.7. The van der Waals surface area contributed by atoms with E-state index in [2.05, 4.69) is 50.7 Å². The zero-order chi connectivity index (χ0) is 28.4. The Hall–Kier alpha value is -3.65. The van der Waals surface area contributed by atoms with Gasteiger partial charge in [0.05, 0.1) is 0 Å². The van der Waals surface area contributed by atoms with Crippen LogP contribution in [0.1, 0.15) is 18.9 Å². The van der Waals surface area contributed by atoms with Crippen LogP contribution in [0.3, 0.4) is 0 Å². The van der Waals surface area contributed by atoms with Gasteiger partial charge in [0.15, 0.2) is 16.0 Å². The third-order valence-electron chi connectivity index (χ3n) is 6.80. The van der Waals surface area contributed by atoms with Crippen molar-refractivity contribution in [3.63, 3.8) is 0 Å². The molecule has 1 fully saturated rings. The van der Waals surface area contributed by atoms with E-state index in [0.717, 1.165) is 40.5 Å². The van der Waals surface area contributed by atoms with E-state index in [4.69, 9.17) is 16.5 Å². The van der Waals surface area contributed by atoms with Crippen LogP contribution in [0.4, 0.5) is 22.5 Å². The van der Waals surface area contributed by atoms with Gasteiger partial charge in [0.2, 0.25) is 0 Å². The molecule has 4 N–H and O–H groups in total. The number of hydrogen-bond acceptors (Lipinski definition) is 11. The fourth-order valence-corrected chi connectivity index (χ4v) is 6.76. The molecule has 210 valence electrons. The summed E-state index contributed by atoms with van der Waals surface area (Å²) in [5, 5.41) is 2.77. The van der Waals surface area contributed by atoms with Gasteiger partial charge in [-0.3, -0.25) is 0 Å². The maximum atomic E-state index is 13.1. The summed E-state index contributed by atoms with van der Waals surface area (Å²) in [5.74, 6) is 0.976. The number of benzene rings is 1. The van der Waals surface area contributed by atoms with Crippen LogP contribution in [-0.2, 0) is 10.0 Å². The maximum absolute atomic E-state index is 13.1. The Labute approximate surface area is 238 Å². The second kappa shape index (κ2) is 11.5. The Bertz CT molecular complexity index is 1580. The van der Waals surface area contributed by atoms with Crippen molar-refractivity contribution >= 4 is 43.8 Å². The van der Waals surface area contributed by atoms with E-state index in [1.54, 1.807) is 12.3 Å². The number of aryl methyl sites for hydroxylation is 1. The van der Waals surface area contributed by atoms with Gasteiger partial charge in [-0.1, -0.05) is 19.1 Å². The number of likely N-dealkylation sites (N-methyl/N-ethyl adjacent to an activating group) is 1. The molecule has 0 bridgehead atoms. The molecule has 40 heavy (non-hydrogen) atoms. The first-order valence-corrected chi connectivity index (χ1v) is 15.4. The molecule has 0 unspecified atom stereocenters. The highest BCUT2D eigenvalue weighted by Gasteiger charge is 2.28. The first-order chi connectivity index (χ1) is 19.2. The van der Waals surface area contributed by atoms with Crippen molar-refractivity contribution in [1.82, 2.24) is 29.1 Å². The Balaban J connectivity index is 1.43. The van der Waals surface area contributed by atoms with Crippen molar-refractivity contribution in [2.45, 2.75) is 25.3 Å². The van der Waals surface area contributed by atoms with Gasteiger partial charge in [-0.2, -0.15) is 4.31 Å². The second-order valence-corrected chi connectivity index (χ2v) is 12.5. The minimum Gasteiger partial charge on any atom is -0.384 e. The predicted molar refractivity (Wildman–Crippen MR) is 160 cm³/mol. The minimum absolute atomic E-state index is 0.0699. The molecular weight excluding hydrogens is 546 g/mol. The second-order valence-electron chi connectivity index (χ2n) is 9.80. The third-order valence-corrected chi connectivity index (χ3v) is 9.48. The van der Waals surface area contributed by atoms with Crippen molar-refractivity contribution < 1.29 is 8.42 Å². The molecule has 13 heteroatoms. The number of aromatic nitrogens is 4. The molecule has 0 spiro atoms. The lowest BCUT2D eigenvalue weighted by Gasteiger charge is -2.31. The molecule has 1 aliphatic heterocycles. The van der Waals surface area contributed by atoms with Gasteiger partial charge in [0.25, 0.3) is 10.0 Å². The molecule has 3 aromatic heterocycles. The number of pyridine rings is 1. The molecule has 1 saturated heterocycles. The molecular formula is C27H33N9O2S2. The van der Waals surface area contributed by atoms with Gasteiger partial charge < -0.3 is 21.3 Å². The van der Waals surface area contributed by atoms with Gasteiger partial charge in [-0.25, -0.2) is 28.4 Å². The SMILES string of the molecule is CCCN(c1nc(-c2nc(N)cc(N)n2)cs1)c1cc(-c2ccc(S(=O)(=O)N3CCN(C)CC3)nc2)ccc1C. The minimum atomic E-state index is -3.63. The Kier molecular flexibility index (Phi) is 7.99. The monoisotopic (exact) mass is 579 g/mol. The smallest absolute Gasteiger partial charge is 0.260 e. The number of hydrogen-bond donors (Lipinski definition) is 2. The van der Waals surface area contributed by atoms with Crippen molar-refractivity contribution in [2.24, 2.45) is 0 Å². The normalized spacial score (nSPS) is 14.9. The van der Waals surface area contributed by atoms with Gasteiger partial charge in [-0.05, 0) is 49.7 Å².